The molecule has 0 radical (unpaired) electrons. The van der Waals surface area contributed by atoms with Gasteiger partial charge in [-0.25, -0.2) is 0 Å². The van der Waals surface area contributed by atoms with Crippen molar-refractivity contribution in [3.63, 3.8) is 0 Å². The van der Waals surface area contributed by atoms with Crippen molar-refractivity contribution in [3.05, 3.63) is 30.3 Å². The summed E-state index contributed by atoms with van der Waals surface area (Å²) >= 11 is 0. The number of rotatable bonds is 5. The average Bonchev–Trinajstić information content (AvgIpc) is 2.85. The van der Waals surface area contributed by atoms with Gasteiger partial charge in [0.25, 0.3) is 0 Å². The van der Waals surface area contributed by atoms with Gasteiger partial charge in [-0.3, -0.25) is 9.59 Å². The van der Waals surface area contributed by atoms with E-state index in [0.717, 1.165) is 6.04 Å². The lowest BCUT2D eigenvalue weighted by Crippen LogP contribution is -2.43. The highest BCUT2D eigenvalue weighted by Gasteiger charge is 2.53. The Kier molecular flexibility index (Phi) is 5.14. The van der Waals surface area contributed by atoms with Crippen LogP contribution in [0.4, 0.5) is 0 Å². The Balaban J connectivity index is 2.22. The zero-order chi connectivity index (χ0) is 17.3. The summed E-state index contributed by atoms with van der Waals surface area (Å²) in [5, 5.41) is 1.44. The summed E-state index contributed by atoms with van der Waals surface area (Å²) in [5.74, 6) is 0.379. The quantitative estimate of drug-likeness (QED) is 0.471. The van der Waals surface area contributed by atoms with Gasteiger partial charge in [-0.05, 0) is 31.6 Å². The second kappa shape index (κ2) is 6.60. The molecule has 1 aliphatic rings. The van der Waals surface area contributed by atoms with E-state index in [2.05, 4.69) is 44.3 Å². The molecule has 23 heavy (non-hydrogen) atoms. The van der Waals surface area contributed by atoms with Crippen LogP contribution in [0.2, 0.25) is 19.1 Å². The van der Waals surface area contributed by atoms with E-state index in [-0.39, 0.29) is 11.8 Å². The van der Waals surface area contributed by atoms with Crippen molar-refractivity contribution in [2.45, 2.75) is 45.8 Å². The first kappa shape index (κ1) is 17.9. The van der Waals surface area contributed by atoms with Crippen molar-refractivity contribution in [1.29, 1.82) is 0 Å². The number of carbonyl (C=O) groups excluding carboxylic acids is 2. The number of benzene rings is 1. The highest BCUT2D eigenvalue weighted by atomic mass is 28.3. The maximum atomic E-state index is 12.3. The molecule has 0 aliphatic heterocycles. The van der Waals surface area contributed by atoms with E-state index in [4.69, 9.17) is 4.74 Å². The summed E-state index contributed by atoms with van der Waals surface area (Å²) in [6, 6.07) is 11.8. The van der Waals surface area contributed by atoms with Crippen LogP contribution in [0, 0.1) is 17.3 Å². The summed E-state index contributed by atoms with van der Waals surface area (Å²) in [6.07, 6.45) is 1.26. The topological polar surface area (TPSA) is 43.4 Å². The maximum Gasteiger partial charge on any atom is 0.319 e. The predicted molar refractivity (Wildman–Crippen MR) is 95.4 cm³/mol. The van der Waals surface area contributed by atoms with E-state index in [0.29, 0.717) is 24.7 Å². The highest BCUT2D eigenvalue weighted by Crippen LogP contribution is 2.49. The minimum absolute atomic E-state index is 0.0436. The molecule has 0 amide bonds. The van der Waals surface area contributed by atoms with Crippen molar-refractivity contribution < 1.29 is 14.3 Å². The van der Waals surface area contributed by atoms with E-state index in [1.807, 2.05) is 6.07 Å². The Morgan fingerprint density at radius 2 is 1.83 bits per heavy atom. The van der Waals surface area contributed by atoms with Crippen LogP contribution in [-0.4, -0.2) is 26.9 Å². The summed E-state index contributed by atoms with van der Waals surface area (Å²) in [5.41, 5.74) is -0.917. The van der Waals surface area contributed by atoms with Crippen LogP contribution in [0.15, 0.2) is 30.3 Å². The minimum atomic E-state index is -1.59. The smallest absolute Gasteiger partial charge is 0.319 e. The van der Waals surface area contributed by atoms with Gasteiger partial charge in [0, 0.05) is 0 Å². The van der Waals surface area contributed by atoms with Crippen molar-refractivity contribution in [3.8, 4) is 0 Å². The van der Waals surface area contributed by atoms with E-state index in [9.17, 15) is 9.59 Å². The van der Waals surface area contributed by atoms with E-state index >= 15 is 0 Å². The van der Waals surface area contributed by atoms with Gasteiger partial charge in [-0.2, -0.15) is 0 Å². The largest absolute Gasteiger partial charge is 0.468 e. The van der Waals surface area contributed by atoms with Crippen molar-refractivity contribution in [2.75, 3.05) is 7.11 Å². The Bertz CT molecular complexity index is 582. The molecule has 1 unspecified atom stereocenters. The monoisotopic (exact) mass is 332 g/mol. The first-order chi connectivity index (χ1) is 10.7. The molecule has 1 fully saturated rings. The van der Waals surface area contributed by atoms with Crippen molar-refractivity contribution in [2.24, 2.45) is 17.3 Å². The molecule has 1 aliphatic carbocycles. The first-order valence-corrected chi connectivity index (χ1v) is 11.6. The molecule has 0 saturated heterocycles. The standard InChI is InChI=1S/C19H28O3Si/c1-14-11-19(15(2)20,18(21)22-3)12-16(14)13-23(4,5)17-9-7-6-8-10-17/h6-10,14,16H,11-13H2,1-5H3/t14-,16+,19?/m1/s1. The number of hydrogen-bond donors (Lipinski definition) is 0. The molecule has 3 atom stereocenters. The second-order valence-electron chi connectivity index (χ2n) is 7.73. The van der Waals surface area contributed by atoms with E-state index in [1.54, 1.807) is 0 Å². The van der Waals surface area contributed by atoms with Crippen molar-refractivity contribution in [1.82, 2.24) is 0 Å². The van der Waals surface area contributed by atoms with Gasteiger partial charge in [0.05, 0.1) is 15.2 Å². The van der Waals surface area contributed by atoms with Crippen LogP contribution in [0.3, 0.4) is 0 Å². The highest BCUT2D eigenvalue weighted by molar-refractivity contribution is 6.89. The molecule has 0 spiro atoms. The molecule has 0 aromatic heterocycles. The third-order valence-corrected chi connectivity index (χ3v) is 9.10. The summed E-state index contributed by atoms with van der Waals surface area (Å²) in [4.78, 5) is 24.5. The van der Waals surface area contributed by atoms with Crippen LogP contribution >= 0.6 is 0 Å². The molecule has 0 N–H and O–H groups in total. The first-order valence-electron chi connectivity index (χ1n) is 8.38. The number of esters is 1. The van der Waals surface area contributed by atoms with Crippen LogP contribution in [-0.2, 0) is 14.3 Å². The summed E-state index contributed by atoms with van der Waals surface area (Å²) < 4.78 is 4.96. The molecule has 0 bridgehead atoms. The van der Waals surface area contributed by atoms with Gasteiger partial charge >= 0.3 is 5.97 Å². The lowest BCUT2D eigenvalue weighted by Gasteiger charge is -2.29. The molecule has 1 aromatic rings. The zero-order valence-corrected chi connectivity index (χ0v) is 15.9. The van der Waals surface area contributed by atoms with Gasteiger partial charge in [-0.1, -0.05) is 61.6 Å². The summed E-state index contributed by atoms with van der Waals surface area (Å²) in [6.45, 7) is 8.46. The average molecular weight is 333 g/mol. The maximum absolute atomic E-state index is 12.3. The Morgan fingerprint density at radius 3 is 2.35 bits per heavy atom. The fraction of sp³-hybridized carbons (Fsp3) is 0.579. The van der Waals surface area contributed by atoms with Crippen LogP contribution < -0.4 is 5.19 Å². The predicted octanol–water partition coefficient (Wildman–Crippen LogP) is 3.40. The van der Waals surface area contributed by atoms with Crippen LogP contribution in [0.25, 0.3) is 0 Å². The number of carbonyl (C=O) groups is 2. The zero-order valence-electron chi connectivity index (χ0n) is 14.9. The second-order valence-corrected chi connectivity index (χ2v) is 12.5. The number of methoxy groups -OCH3 is 1. The minimum Gasteiger partial charge on any atom is -0.468 e. The SMILES string of the molecule is COC(=O)C1(C(C)=O)C[C@@H](C[Si](C)(C)c2ccccc2)[C@H](C)C1. The molecular weight excluding hydrogens is 304 g/mol. The van der Waals surface area contributed by atoms with E-state index < -0.39 is 13.5 Å². The van der Waals surface area contributed by atoms with Crippen molar-refractivity contribution >= 4 is 25.0 Å². The molecule has 3 nitrogen and oxygen atoms in total. The lowest BCUT2D eigenvalue weighted by atomic mass is 9.81. The lowest BCUT2D eigenvalue weighted by molar-refractivity contribution is -0.157. The molecule has 1 saturated carbocycles. The van der Waals surface area contributed by atoms with Gasteiger partial charge in [0.1, 0.15) is 11.2 Å². The molecule has 126 valence electrons. The number of hydrogen-bond acceptors (Lipinski definition) is 3. The van der Waals surface area contributed by atoms with Gasteiger partial charge < -0.3 is 4.74 Å². The van der Waals surface area contributed by atoms with Crippen LogP contribution in [0.1, 0.15) is 26.7 Å². The number of ether oxygens (including phenoxy) is 1. The fourth-order valence-corrected chi connectivity index (χ4v) is 7.37. The van der Waals surface area contributed by atoms with Gasteiger partial charge in [0.2, 0.25) is 0 Å². The Morgan fingerprint density at radius 1 is 1.22 bits per heavy atom. The summed E-state index contributed by atoms with van der Waals surface area (Å²) in [7, 11) is -0.209. The fourth-order valence-electron chi connectivity index (χ4n) is 4.18. The Hall–Kier alpha value is -1.42. The van der Waals surface area contributed by atoms with Gasteiger partial charge in [0.15, 0.2) is 0 Å². The normalized spacial score (nSPS) is 27.7. The van der Waals surface area contributed by atoms with Gasteiger partial charge in [-0.15, -0.1) is 0 Å². The molecular formula is C19H28O3Si. The molecule has 0 heterocycles. The molecule has 1 aromatic carbocycles. The molecule has 4 heteroatoms. The third-order valence-electron chi connectivity index (χ3n) is 5.66. The molecule has 2 rings (SSSR count). The number of Topliss-reactive ketones (excluding diaryl/α,β-unsaturated/α-hetero) is 1. The van der Waals surface area contributed by atoms with Crippen LogP contribution in [0.5, 0.6) is 0 Å². The Labute approximate surface area is 140 Å². The third kappa shape index (κ3) is 3.42. The van der Waals surface area contributed by atoms with E-state index in [1.165, 1.54) is 19.2 Å². The number of ketones is 1.